The topological polar surface area (TPSA) is 84.9 Å². The number of benzene rings is 1. The first kappa shape index (κ1) is 15.0. The van der Waals surface area contributed by atoms with Gasteiger partial charge >= 0.3 is 12.0 Å². The number of rotatable bonds is 6. The largest absolute Gasteiger partial charge is 0.460 e. The van der Waals surface area contributed by atoms with Crippen molar-refractivity contribution < 1.29 is 23.9 Å². The second kappa shape index (κ2) is 6.85. The summed E-state index contributed by atoms with van der Waals surface area (Å²) in [6, 6.07) is 6.26. The second-order valence-corrected chi connectivity index (χ2v) is 4.42. The van der Waals surface area contributed by atoms with Gasteiger partial charge in [0.2, 0.25) is 5.91 Å². The average Bonchev–Trinajstić information content (AvgIpc) is 2.80. The maximum Gasteiger partial charge on any atom is 0.338 e. The molecule has 0 radical (unpaired) electrons. The molecular formula is C14H16N2O5. The summed E-state index contributed by atoms with van der Waals surface area (Å²) in [6.07, 6.45) is 0. The predicted molar refractivity (Wildman–Crippen MR) is 72.5 cm³/mol. The molecule has 3 amide bonds. The minimum atomic E-state index is -0.505. The van der Waals surface area contributed by atoms with Crippen molar-refractivity contribution in [2.75, 3.05) is 26.9 Å². The van der Waals surface area contributed by atoms with Gasteiger partial charge in [0.15, 0.2) is 0 Å². The molecule has 1 heterocycles. The summed E-state index contributed by atoms with van der Waals surface area (Å²) in [5.41, 5.74) is 0.895. The average molecular weight is 292 g/mol. The first-order chi connectivity index (χ1) is 10.1. The van der Waals surface area contributed by atoms with Crippen molar-refractivity contribution in [1.82, 2.24) is 10.2 Å². The van der Waals surface area contributed by atoms with Gasteiger partial charge < -0.3 is 14.8 Å². The molecular weight excluding hydrogens is 276 g/mol. The highest BCUT2D eigenvalue weighted by Crippen LogP contribution is 2.15. The summed E-state index contributed by atoms with van der Waals surface area (Å²) in [5, 5.41) is 2.43. The number of imide groups is 1. The Labute approximate surface area is 121 Å². The highest BCUT2D eigenvalue weighted by molar-refractivity contribution is 6.02. The van der Waals surface area contributed by atoms with Gasteiger partial charge in [-0.15, -0.1) is 0 Å². The fourth-order valence-electron chi connectivity index (χ4n) is 1.94. The molecule has 0 saturated carbocycles. The van der Waals surface area contributed by atoms with E-state index in [1.165, 1.54) is 7.11 Å². The number of methoxy groups -OCH3 is 1. The molecule has 112 valence electrons. The van der Waals surface area contributed by atoms with Crippen LogP contribution in [-0.4, -0.2) is 49.7 Å². The van der Waals surface area contributed by atoms with Crippen LogP contribution >= 0.6 is 0 Å². The third kappa shape index (κ3) is 3.57. The van der Waals surface area contributed by atoms with Gasteiger partial charge in [0.05, 0.1) is 25.3 Å². The maximum atomic E-state index is 12.0. The lowest BCUT2D eigenvalue weighted by Crippen LogP contribution is -2.31. The molecule has 0 spiro atoms. The lowest BCUT2D eigenvalue weighted by atomic mass is 10.1. The van der Waals surface area contributed by atoms with E-state index in [2.05, 4.69) is 5.32 Å². The van der Waals surface area contributed by atoms with Crippen LogP contribution in [0.25, 0.3) is 0 Å². The lowest BCUT2D eigenvalue weighted by molar-refractivity contribution is -0.125. The minimum absolute atomic E-state index is 0.0146. The van der Waals surface area contributed by atoms with E-state index in [9.17, 15) is 14.4 Å². The number of hydrogen-bond acceptors (Lipinski definition) is 5. The van der Waals surface area contributed by atoms with Crippen LogP contribution in [0, 0.1) is 0 Å². The lowest BCUT2D eigenvalue weighted by Gasteiger charge is -2.15. The van der Waals surface area contributed by atoms with Crippen molar-refractivity contribution in [2.45, 2.75) is 6.54 Å². The number of urea groups is 1. The van der Waals surface area contributed by atoms with E-state index in [1.54, 1.807) is 24.3 Å². The Morgan fingerprint density at radius 1 is 1.29 bits per heavy atom. The van der Waals surface area contributed by atoms with Crippen molar-refractivity contribution in [3.8, 4) is 0 Å². The van der Waals surface area contributed by atoms with Crippen LogP contribution in [0.15, 0.2) is 24.3 Å². The van der Waals surface area contributed by atoms with Crippen LogP contribution in [0.1, 0.15) is 15.9 Å². The highest BCUT2D eigenvalue weighted by Gasteiger charge is 2.29. The molecule has 0 unspecified atom stereocenters. The van der Waals surface area contributed by atoms with E-state index in [0.717, 1.165) is 4.90 Å². The van der Waals surface area contributed by atoms with Crippen LogP contribution in [0.3, 0.4) is 0 Å². The van der Waals surface area contributed by atoms with Gasteiger partial charge in [-0.25, -0.2) is 9.59 Å². The first-order valence-electron chi connectivity index (χ1n) is 6.45. The zero-order valence-corrected chi connectivity index (χ0v) is 11.6. The number of ether oxygens (including phenoxy) is 2. The molecule has 21 heavy (non-hydrogen) atoms. The summed E-state index contributed by atoms with van der Waals surface area (Å²) in [4.78, 5) is 36.2. The number of amides is 3. The van der Waals surface area contributed by atoms with Crippen LogP contribution in [0.2, 0.25) is 0 Å². The Bertz CT molecular complexity index is 542. The molecule has 1 aliphatic rings. The third-order valence-electron chi connectivity index (χ3n) is 3.02. The normalized spacial score (nSPS) is 14.2. The fraction of sp³-hybridized carbons (Fsp3) is 0.357. The molecule has 0 aromatic heterocycles. The second-order valence-electron chi connectivity index (χ2n) is 4.42. The van der Waals surface area contributed by atoms with E-state index in [-0.39, 0.29) is 25.6 Å². The predicted octanol–water partition coefficient (Wildman–Crippen LogP) is 0.542. The number of carbonyl (C=O) groups is 3. The molecule has 1 N–H and O–H groups in total. The standard InChI is InChI=1S/C14H16N2O5/c1-20-6-7-21-13(18)11-5-3-2-4-10(11)9-16-12(17)8-15-14(16)19/h2-5H,6-9H2,1H3,(H,15,19). The minimum Gasteiger partial charge on any atom is -0.460 e. The maximum absolute atomic E-state index is 12.0. The van der Waals surface area contributed by atoms with Gasteiger partial charge in [-0.2, -0.15) is 0 Å². The quantitative estimate of drug-likeness (QED) is 0.470. The van der Waals surface area contributed by atoms with E-state index in [4.69, 9.17) is 9.47 Å². The SMILES string of the molecule is COCCOC(=O)c1ccccc1CN1C(=O)CNC1=O. The number of esters is 1. The van der Waals surface area contributed by atoms with E-state index in [1.807, 2.05) is 0 Å². The zero-order chi connectivity index (χ0) is 15.2. The van der Waals surface area contributed by atoms with Crippen molar-refractivity contribution >= 4 is 17.9 Å². The summed E-state index contributed by atoms with van der Waals surface area (Å²) in [5.74, 6) is -0.822. The third-order valence-corrected chi connectivity index (χ3v) is 3.02. The Morgan fingerprint density at radius 3 is 2.71 bits per heavy atom. The molecule has 7 nitrogen and oxygen atoms in total. The van der Waals surface area contributed by atoms with Gasteiger partial charge in [0.25, 0.3) is 0 Å². The number of carbonyl (C=O) groups excluding carboxylic acids is 3. The molecule has 0 aliphatic carbocycles. The molecule has 2 rings (SSSR count). The van der Waals surface area contributed by atoms with Gasteiger partial charge in [-0.1, -0.05) is 18.2 Å². The van der Waals surface area contributed by atoms with Crippen molar-refractivity contribution in [3.63, 3.8) is 0 Å². The molecule has 1 aromatic rings. The van der Waals surface area contributed by atoms with Crippen LogP contribution in [-0.2, 0) is 20.8 Å². The van der Waals surface area contributed by atoms with Crippen molar-refractivity contribution in [3.05, 3.63) is 35.4 Å². The van der Waals surface area contributed by atoms with Crippen molar-refractivity contribution in [1.29, 1.82) is 0 Å². The summed E-state index contributed by atoms with van der Waals surface area (Å²) in [7, 11) is 1.51. The summed E-state index contributed by atoms with van der Waals surface area (Å²) >= 11 is 0. The fourth-order valence-corrected chi connectivity index (χ4v) is 1.94. The molecule has 1 aliphatic heterocycles. The first-order valence-corrected chi connectivity index (χ1v) is 6.45. The van der Waals surface area contributed by atoms with Crippen molar-refractivity contribution in [2.24, 2.45) is 0 Å². The van der Waals surface area contributed by atoms with Crippen LogP contribution in [0.5, 0.6) is 0 Å². The Kier molecular flexibility index (Phi) is 4.89. The summed E-state index contributed by atoms with van der Waals surface area (Å²) in [6.45, 7) is 0.479. The Hall–Kier alpha value is -2.41. The molecule has 1 aromatic carbocycles. The Morgan fingerprint density at radius 2 is 2.05 bits per heavy atom. The zero-order valence-electron chi connectivity index (χ0n) is 11.6. The van der Waals surface area contributed by atoms with Crippen LogP contribution < -0.4 is 5.32 Å². The van der Waals surface area contributed by atoms with E-state index in [0.29, 0.717) is 17.7 Å². The smallest absolute Gasteiger partial charge is 0.338 e. The number of nitrogens with one attached hydrogen (secondary N) is 1. The van der Waals surface area contributed by atoms with Gasteiger partial charge in [-0.05, 0) is 11.6 Å². The molecule has 1 fully saturated rings. The molecule has 0 atom stereocenters. The molecule has 1 saturated heterocycles. The van der Waals surface area contributed by atoms with E-state index < -0.39 is 12.0 Å². The number of nitrogens with zero attached hydrogens (tertiary/aromatic N) is 1. The van der Waals surface area contributed by atoms with Gasteiger partial charge in [0, 0.05) is 7.11 Å². The molecule has 7 heteroatoms. The monoisotopic (exact) mass is 292 g/mol. The van der Waals surface area contributed by atoms with Gasteiger partial charge in [-0.3, -0.25) is 9.69 Å². The van der Waals surface area contributed by atoms with E-state index >= 15 is 0 Å². The summed E-state index contributed by atoms with van der Waals surface area (Å²) < 4.78 is 9.87. The highest BCUT2D eigenvalue weighted by atomic mass is 16.6. The molecule has 0 bridgehead atoms. The van der Waals surface area contributed by atoms with Gasteiger partial charge in [0.1, 0.15) is 6.61 Å². The Balaban J connectivity index is 2.11. The number of hydrogen-bond donors (Lipinski definition) is 1. The van der Waals surface area contributed by atoms with Crippen LogP contribution in [0.4, 0.5) is 4.79 Å².